The van der Waals surface area contributed by atoms with Crippen LogP contribution in [0.5, 0.6) is 0 Å². The summed E-state index contributed by atoms with van der Waals surface area (Å²) in [5.41, 5.74) is 1.96. The van der Waals surface area contributed by atoms with E-state index in [0.29, 0.717) is 11.4 Å². The van der Waals surface area contributed by atoms with Crippen molar-refractivity contribution in [2.75, 3.05) is 5.32 Å². The van der Waals surface area contributed by atoms with E-state index in [4.69, 9.17) is 0 Å². The van der Waals surface area contributed by atoms with Crippen molar-refractivity contribution in [1.29, 1.82) is 0 Å². The zero-order valence-electron chi connectivity index (χ0n) is 9.72. The minimum atomic E-state index is -0.232. The van der Waals surface area contributed by atoms with E-state index in [1.54, 1.807) is 18.3 Å². The minimum Gasteiger partial charge on any atom is -0.320 e. The molecule has 5 nitrogen and oxygen atoms in total. The number of halogens is 1. The molecule has 3 aromatic rings. The van der Waals surface area contributed by atoms with Crippen LogP contribution in [0.3, 0.4) is 0 Å². The number of pyridine rings is 1. The minimum absolute atomic E-state index is 0.232. The molecule has 0 radical (unpaired) electrons. The Labute approximate surface area is 117 Å². The number of carbonyl (C=O) groups is 1. The third kappa shape index (κ3) is 2.34. The van der Waals surface area contributed by atoms with Gasteiger partial charge in [0, 0.05) is 22.3 Å². The van der Waals surface area contributed by atoms with Gasteiger partial charge in [-0.05, 0) is 30.3 Å². The number of hydrogen-bond donors (Lipinski definition) is 2. The topological polar surface area (TPSA) is 70.7 Å². The Kier molecular flexibility index (Phi) is 3.00. The molecule has 2 N–H and O–H groups in total. The average Bonchev–Trinajstić information content (AvgIpc) is 2.93. The highest BCUT2D eigenvalue weighted by molar-refractivity contribution is 9.10. The summed E-state index contributed by atoms with van der Waals surface area (Å²) in [4.78, 5) is 16.3. The van der Waals surface area contributed by atoms with E-state index in [1.165, 1.54) is 6.20 Å². The van der Waals surface area contributed by atoms with Crippen molar-refractivity contribution in [3.63, 3.8) is 0 Å². The first-order valence-electron chi connectivity index (χ1n) is 5.59. The van der Waals surface area contributed by atoms with Crippen LogP contribution < -0.4 is 5.32 Å². The third-order valence-electron chi connectivity index (χ3n) is 2.70. The number of hydrogen-bond acceptors (Lipinski definition) is 3. The monoisotopic (exact) mass is 316 g/mol. The first-order valence-corrected chi connectivity index (χ1v) is 6.38. The summed E-state index contributed by atoms with van der Waals surface area (Å²) in [6.07, 6.45) is 3.20. The summed E-state index contributed by atoms with van der Waals surface area (Å²) in [6.45, 7) is 0. The molecule has 0 aliphatic carbocycles. The van der Waals surface area contributed by atoms with Crippen molar-refractivity contribution in [2.24, 2.45) is 0 Å². The second-order valence-electron chi connectivity index (χ2n) is 3.94. The maximum Gasteiger partial charge on any atom is 0.273 e. The second-order valence-corrected chi connectivity index (χ2v) is 4.86. The lowest BCUT2D eigenvalue weighted by atomic mass is 10.2. The molecule has 1 aromatic carbocycles. The van der Waals surface area contributed by atoms with Gasteiger partial charge in [0.15, 0.2) is 0 Å². The van der Waals surface area contributed by atoms with Gasteiger partial charge < -0.3 is 5.32 Å². The number of carbonyl (C=O) groups excluding carboxylic acids is 1. The number of amides is 1. The summed E-state index contributed by atoms with van der Waals surface area (Å²) in [5, 5.41) is 10.1. The summed E-state index contributed by atoms with van der Waals surface area (Å²) in [7, 11) is 0. The Morgan fingerprint density at radius 2 is 2.11 bits per heavy atom. The zero-order valence-corrected chi connectivity index (χ0v) is 11.3. The number of fused-ring (bicyclic) bond motifs is 1. The Balaban J connectivity index is 2.01. The van der Waals surface area contributed by atoms with Crippen molar-refractivity contribution < 1.29 is 4.79 Å². The fourth-order valence-corrected chi connectivity index (χ4v) is 2.16. The van der Waals surface area contributed by atoms with Gasteiger partial charge in [0.25, 0.3) is 5.91 Å². The summed E-state index contributed by atoms with van der Waals surface area (Å²) in [6, 6.07) is 9.11. The lowest BCUT2D eigenvalue weighted by Gasteiger charge is -2.07. The fraction of sp³-hybridized carbons (Fsp3) is 0. The third-order valence-corrected chi connectivity index (χ3v) is 3.19. The molecule has 94 valence electrons. The van der Waals surface area contributed by atoms with Gasteiger partial charge in [-0.15, -0.1) is 0 Å². The molecular formula is C13H9BrN4O. The van der Waals surface area contributed by atoms with Crippen LogP contribution in [0.15, 0.2) is 47.2 Å². The number of H-pyrrole nitrogens is 1. The predicted molar refractivity (Wildman–Crippen MR) is 76.0 cm³/mol. The SMILES string of the molecule is O=C(Nc1ccnc2ccc(Br)cc12)c1ccn[nH]1. The van der Waals surface area contributed by atoms with Crippen molar-refractivity contribution in [3.8, 4) is 0 Å². The van der Waals surface area contributed by atoms with Gasteiger partial charge in [-0.3, -0.25) is 14.9 Å². The van der Waals surface area contributed by atoms with Crippen LogP contribution in [0, 0.1) is 0 Å². The van der Waals surface area contributed by atoms with E-state index in [2.05, 4.69) is 36.4 Å². The number of aromatic amines is 1. The van der Waals surface area contributed by atoms with Crippen molar-refractivity contribution in [2.45, 2.75) is 0 Å². The number of nitrogens with one attached hydrogen (secondary N) is 2. The molecular weight excluding hydrogens is 308 g/mol. The molecule has 0 unspecified atom stereocenters. The van der Waals surface area contributed by atoms with Gasteiger partial charge in [0.05, 0.1) is 11.2 Å². The summed E-state index contributed by atoms with van der Waals surface area (Å²) in [5.74, 6) is -0.232. The maximum absolute atomic E-state index is 12.0. The molecule has 0 atom stereocenters. The summed E-state index contributed by atoms with van der Waals surface area (Å²) < 4.78 is 0.935. The highest BCUT2D eigenvalue weighted by atomic mass is 79.9. The number of anilines is 1. The lowest BCUT2D eigenvalue weighted by molar-refractivity contribution is 0.102. The van der Waals surface area contributed by atoms with E-state index < -0.39 is 0 Å². The average molecular weight is 317 g/mol. The number of aromatic nitrogens is 3. The predicted octanol–water partition coefficient (Wildman–Crippen LogP) is 2.97. The van der Waals surface area contributed by atoms with Crippen LogP contribution in [-0.2, 0) is 0 Å². The molecule has 0 saturated carbocycles. The Morgan fingerprint density at radius 1 is 1.21 bits per heavy atom. The summed E-state index contributed by atoms with van der Waals surface area (Å²) >= 11 is 3.41. The van der Waals surface area contributed by atoms with Crippen LogP contribution in [0.4, 0.5) is 5.69 Å². The second kappa shape index (κ2) is 4.81. The Morgan fingerprint density at radius 3 is 2.89 bits per heavy atom. The number of rotatable bonds is 2. The van der Waals surface area contributed by atoms with E-state index in [0.717, 1.165) is 15.4 Å². The standard InChI is InChI=1S/C13H9BrN4O/c14-8-1-2-10-9(7-8)11(3-5-15-10)17-13(19)12-4-6-16-18-12/h1-7H,(H,16,18)(H,15,17,19). The number of benzene rings is 1. The normalized spacial score (nSPS) is 10.6. The van der Waals surface area contributed by atoms with Crippen LogP contribution in [0.2, 0.25) is 0 Å². The fourth-order valence-electron chi connectivity index (χ4n) is 1.80. The molecule has 0 fully saturated rings. The van der Waals surface area contributed by atoms with Gasteiger partial charge in [0.1, 0.15) is 5.69 Å². The van der Waals surface area contributed by atoms with Crippen LogP contribution >= 0.6 is 15.9 Å². The van der Waals surface area contributed by atoms with E-state index >= 15 is 0 Å². The molecule has 0 bridgehead atoms. The van der Waals surface area contributed by atoms with Gasteiger partial charge in [-0.1, -0.05) is 15.9 Å². The Bertz CT molecular complexity index is 739. The molecule has 0 aliphatic rings. The zero-order chi connectivity index (χ0) is 13.2. The first-order chi connectivity index (χ1) is 9.24. The lowest BCUT2D eigenvalue weighted by Crippen LogP contribution is -2.12. The smallest absolute Gasteiger partial charge is 0.273 e. The highest BCUT2D eigenvalue weighted by Crippen LogP contribution is 2.25. The van der Waals surface area contributed by atoms with Crippen molar-refractivity contribution in [3.05, 3.63) is 52.9 Å². The molecule has 6 heteroatoms. The maximum atomic E-state index is 12.0. The van der Waals surface area contributed by atoms with E-state index in [9.17, 15) is 4.79 Å². The van der Waals surface area contributed by atoms with Gasteiger partial charge in [-0.2, -0.15) is 5.10 Å². The van der Waals surface area contributed by atoms with Crippen LogP contribution in [0.25, 0.3) is 10.9 Å². The van der Waals surface area contributed by atoms with E-state index in [1.807, 2.05) is 18.2 Å². The molecule has 2 heterocycles. The molecule has 19 heavy (non-hydrogen) atoms. The van der Waals surface area contributed by atoms with Crippen LogP contribution in [0.1, 0.15) is 10.5 Å². The molecule has 0 saturated heterocycles. The van der Waals surface area contributed by atoms with Crippen LogP contribution in [-0.4, -0.2) is 21.1 Å². The van der Waals surface area contributed by atoms with Gasteiger partial charge >= 0.3 is 0 Å². The first kappa shape index (κ1) is 11.9. The molecule has 0 aliphatic heterocycles. The molecule has 2 aromatic heterocycles. The van der Waals surface area contributed by atoms with Gasteiger partial charge in [-0.25, -0.2) is 0 Å². The number of nitrogens with zero attached hydrogens (tertiary/aromatic N) is 2. The molecule has 0 spiro atoms. The Hall–Kier alpha value is -2.21. The largest absolute Gasteiger partial charge is 0.320 e. The molecule has 3 rings (SSSR count). The van der Waals surface area contributed by atoms with Crippen molar-refractivity contribution in [1.82, 2.24) is 15.2 Å². The highest BCUT2D eigenvalue weighted by Gasteiger charge is 2.09. The van der Waals surface area contributed by atoms with Crippen molar-refractivity contribution >= 4 is 38.4 Å². The quantitative estimate of drug-likeness (QED) is 0.763. The van der Waals surface area contributed by atoms with Gasteiger partial charge in [0.2, 0.25) is 0 Å². The molecule has 1 amide bonds. The van der Waals surface area contributed by atoms with E-state index in [-0.39, 0.29) is 5.91 Å².